The van der Waals surface area contributed by atoms with Crippen molar-refractivity contribution in [1.82, 2.24) is 9.97 Å². The Kier molecular flexibility index (Phi) is 9.48. The molecule has 0 spiro atoms. The van der Waals surface area contributed by atoms with Crippen LogP contribution in [0.1, 0.15) is 34.6 Å². The van der Waals surface area contributed by atoms with Crippen molar-refractivity contribution in [2.45, 2.75) is 36.6 Å². The SMILES string of the molecule is COc1ccc(OC)c(-c2nc(CSc3nc(N)c(C#N)c(-c4ccc(CC[C@@H](O)CO)cc4)c3C#N)c(C)o2)c1. The highest BCUT2D eigenvalue weighted by molar-refractivity contribution is 7.98. The summed E-state index contributed by atoms with van der Waals surface area (Å²) in [4.78, 5) is 9.05. The first-order valence-electron chi connectivity index (χ1n) is 12.7. The van der Waals surface area contributed by atoms with Crippen LogP contribution in [0.3, 0.4) is 0 Å². The first-order valence-corrected chi connectivity index (χ1v) is 13.6. The molecule has 210 valence electrons. The zero-order chi connectivity index (χ0) is 29.5. The van der Waals surface area contributed by atoms with Gasteiger partial charge in [0.25, 0.3) is 0 Å². The second-order valence-corrected chi connectivity index (χ2v) is 10.1. The minimum absolute atomic E-state index is 0.0258. The van der Waals surface area contributed by atoms with E-state index in [0.29, 0.717) is 69.2 Å². The summed E-state index contributed by atoms with van der Waals surface area (Å²) in [5.74, 6) is 2.54. The third-order valence-corrected chi connectivity index (χ3v) is 7.50. The van der Waals surface area contributed by atoms with Crippen LogP contribution in [-0.4, -0.2) is 47.1 Å². The Bertz CT molecular complexity index is 1620. The number of thioether (sulfide) groups is 1. The Morgan fingerprint density at radius 1 is 1.05 bits per heavy atom. The van der Waals surface area contributed by atoms with E-state index in [1.54, 1.807) is 51.5 Å². The average Bonchev–Trinajstić information content (AvgIpc) is 3.38. The number of aromatic nitrogens is 2. The van der Waals surface area contributed by atoms with E-state index < -0.39 is 6.10 Å². The van der Waals surface area contributed by atoms with Crippen LogP contribution in [0.4, 0.5) is 5.82 Å². The predicted molar refractivity (Wildman–Crippen MR) is 154 cm³/mol. The Morgan fingerprint density at radius 3 is 2.41 bits per heavy atom. The van der Waals surface area contributed by atoms with Crippen molar-refractivity contribution in [3.63, 3.8) is 0 Å². The topological polar surface area (TPSA) is 171 Å². The van der Waals surface area contributed by atoms with Gasteiger partial charge in [0.2, 0.25) is 5.89 Å². The summed E-state index contributed by atoms with van der Waals surface area (Å²) in [5.41, 5.74) is 9.84. The maximum absolute atomic E-state index is 10.1. The van der Waals surface area contributed by atoms with Crippen LogP contribution in [0.25, 0.3) is 22.6 Å². The number of oxazole rings is 1. The maximum atomic E-state index is 10.1. The van der Waals surface area contributed by atoms with E-state index in [1.165, 1.54) is 11.8 Å². The fraction of sp³-hybridized carbons (Fsp3) is 0.267. The van der Waals surface area contributed by atoms with Gasteiger partial charge >= 0.3 is 0 Å². The molecular formula is C30H29N5O5S. The summed E-state index contributed by atoms with van der Waals surface area (Å²) in [5, 5.41) is 39.1. The van der Waals surface area contributed by atoms with Crippen molar-refractivity contribution in [3.8, 4) is 46.2 Å². The molecule has 11 heteroatoms. The van der Waals surface area contributed by atoms with E-state index in [4.69, 9.17) is 24.7 Å². The third-order valence-electron chi connectivity index (χ3n) is 6.51. The lowest BCUT2D eigenvalue weighted by Gasteiger charge is -2.13. The highest BCUT2D eigenvalue weighted by Gasteiger charge is 2.22. The molecule has 2 aromatic carbocycles. The van der Waals surface area contributed by atoms with E-state index in [0.717, 1.165) is 5.56 Å². The fourth-order valence-electron chi connectivity index (χ4n) is 4.25. The largest absolute Gasteiger partial charge is 0.497 e. The van der Waals surface area contributed by atoms with Crippen molar-refractivity contribution < 1.29 is 24.1 Å². The molecule has 2 aromatic heterocycles. The van der Waals surface area contributed by atoms with Crippen LogP contribution in [0.15, 0.2) is 51.9 Å². The van der Waals surface area contributed by atoms with E-state index in [1.807, 2.05) is 12.1 Å². The lowest BCUT2D eigenvalue weighted by Crippen LogP contribution is -2.12. The molecule has 0 bridgehead atoms. The predicted octanol–water partition coefficient (Wildman–Crippen LogP) is 4.63. The van der Waals surface area contributed by atoms with Crippen molar-refractivity contribution in [2.24, 2.45) is 0 Å². The van der Waals surface area contributed by atoms with Crippen LogP contribution in [-0.2, 0) is 12.2 Å². The maximum Gasteiger partial charge on any atom is 0.230 e. The van der Waals surface area contributed by atoms with Crippen molar-refractivity contribution in [1.29, 1.82) is 10.5 Å². The number of aliphatic hydroxyl groups excluding tert-OH is 2. The summed E-state index contributed by atoms with van der Waals surface area (Å²) < 4.78 is 16.7. The number of nitriles is 2. The zero-order valence-corrected chi connectivity index (χ0v) is 23.7. The van der Waals surface area contributed by atoms with Crippen LogP contribution >= 0.6 is 11.8 Å². The number of nitrogen functional groups attached to an aromatic ring is 1. The number of benzene rings is 2. The standard InChI is InChI=1S/C30H29N5O5S/c1-17-25(34-29(40-17)22-12-21(38-2)10-11-26(22)39-3)16-41-30-24(14-32)27(23(13-31)28(33)35-30)19-7-4-18(5-8-19)6-9-20(37)15-36/h4-5,7-8,10-12,20,36-37H,6,9,15-16H2,1-3H3,(H2,33,35)/t20-/m1/s1. The number of nitrogens with two attached hydrogens (primary N) is 1. The highest BCUT2D eigenvalue weighted by Crippen LogP contribution is 2.38. The first-order chi connectivity index (χ1) is 19.8. The molecule has 0 saturated carbocycles. The van der Waals surface area contributed by atoms with Gasteiger partial charge in [-0.3, -0.25) is 0 Å². The molecule has 0 radical (unpaired) electrons. The average molecular weight is 572 g/mol. The smallest absolute Gasteiger partial charge is 0.230 e. The van der Waals surface area contributed by atoms with Gasteiger partial charge in [-0.2, -0.15) is 10.5 Å². The number of nitrogens with zero attached hydrogens (tertiary/aromatic N) is 4. The van der Waals surface area contributed by atoms with Crippen molar-refractivity contribution in [3.05, 3.63) is 70.6 Å². The Hall–Kier alpha value is -4.55. The number of anilines is 1. The summed E-state index contributed by atoms with van der Waals surface area (Å²) >= 11 is 1.27. The summed E-state index contributed by atoms with van der Waals surface area (Å²) in [6.07, 6.45) is 0.199. The fourth-order valence-corrected chi connectivity index (χ4v) is 5.25. The van der Waals surface area contributed by atoms with Gasteiger partial charge in [0.15, 0.2) is 0 Å². The van der Waals surface area contributed by atoms with Gasteiger partial charge in [0, 0.05) is 11.3 Å². The molecular weight excluding hydrogens is 542 g/mol. The lowest BCUT2D eigenvalue weighted by atomic mass is 9.95. The number of hydrogen-bond donors (Lipinski definition) is 3. The second-order valence-electron chi connectivity index (χ2n) is 9.10. The number of aryl methyl sites for hydroxylation is 2. The molecule has 4 N–H and O–H groups in total. The normalized spacial score (nSPS) is 11.5. The Morgan fingerprint density at radius 2 is 1.78 bits per heavy atom. The number of aliphatic hydroxyl groups is 2. The molecule has 0 amide bonds. The molecule has 0 saturated heterocycles. The van der Waals surface area contributed by atoms with E-state index in [2.05, 4.69) is 22.1 Å². The van der Waals surface area contributed by atoms with Gasteiger partial charge < -0.3 is 29.8 Å². The minimum atomic E-state index is -0.786. The highest BCUT2D eigenvalue weighted by atomic mass is 32.2. The Labute approximate surface area is 242 Å². The molecule has 4 aromatic rings. The van der Waals surface area contributed by atoms with Crippen molar-refractivity contribution in [2.75, 3.05) is 26.6 Å². The molecule has 0 aliphatic rings. The van der Waals surface area contributed by atoms with Crippen LogP contribution < -0.4 is 15.2 Å². The summed E-state index contributed by atoms with van der Waals surface area (Å²) in [6, 6.07) is 17.0. The number of methoxy groups -OCH3 is 2. The summed E-state index contributed by atoms with van der Waals surface area (Å²) in [6.45, 7) is 1.51. The second kappa shape index (κ2) is 13.2. The molecule has 0 aliphatic heterocycles. The van der Waals surface area contributed by atoms with Gasteiger partial charge in [-0.25, -0.2) is 9.97 Å². The monoisotopic (exact) mass is 571 g/mol. The van der Waals surface area contributed by atoms with Crippen LogP contribution in [0.2, 0.25) is 0 Å². The molecule has 10 nitrogen and oxygen atoms in total. The van der Waals surface area contributed by atoms with E-state index in [-0.39, 0.29) is 23.6 Å². The molecule has 0 aliphatic carbocycles. The number of pyridine rings is 1. The van der Waals surface area contributed by atoms with Crippen molar-refractivity contribution >= 4 is 17.6 Å². The third kappa shape index (κ3) is 6.44. The minimum Gasteiger partial charge on any atom is -0.497 e. The van der Waals surface area contributed by atoms with E-state index >= 15 is 0 Å². The molecule has 0 fully saturated rings. The van der Waals surface area contributed by atoms with E-state index in [9.17, 15) is 15.6 Å². The number of hydrogen-bond acceptors (Lipinski definition) is 11. The van der Waals surface area contributed by atoms with Gasteiger partial charge in [-0.05, 0) is 49.1 Å². The van der Waals surface area contributed by atoms with Gasteiger partial charge in [-0.1, -0.05) is 36.0 Å². The molecule has 1 atom stereocenters. The summed E-state index contributed by atoms with van der Waals surface area (Å²) in [7, 11) is 3.14. The molecule has 0 unspecified atom stereocenters. The Balaban J connectivity index is 1.65. The lowest BCUT2D eigenvalue weighted by molar-refractivity contribution is 0.0886. The molecule has 4 rings (SSSR count). The number of ether oxygens (including phenoxy) is 2. The quantitative estimate of drug-likeness (QED) is 0.214. The van der Waals surface area contributed by atoms with Gasteiger partial charge in [-0.15, -0.1) is 0 Å². The van der Waals surface area contributed by atoms with Crippen LogP contribution in [0, 0.1) is 29.6 Å². The number of rotatable bonds is 11. The first kappa shape index (κ1) is 29.4. The molecule has 2 heterocycles. The van der Waals surface area contributed by atoms with Gasteiger partial charge in [0.1, 0.15) is 45.8 Å². The van der Waals surface area contributed by atoms with Crippen LogP contribution in [0.5, 0.6) is 11.5 Å². The van der Waals surface area contributed by atoms with Gasteiger partial charge in [0.05, 0.1) is 43.8 Å². The molecule has 41 heavy (non-hydrogen) atoms. The zero-order valence-electron chi connectivity index (χ0n) is 22.8.